The van der Waals surface area contributed by atoms with Crippen LogP contribution in [0.1, 0.15) is 34.2 Å². The van der Waals surface area contributed by atoms with Crippen LogP contribution in [-0.2, 0) is 24.8 Å². The van der Waals surface area contributed by atoms with Crippen molar-refractivity contribution in [1.29, 1.82) is 5.26 Å². The second-order valence-electron chi connectivity index (χ2n) is 9.32. The molecule has 1 N–H and O–H groups in total. The standard InChI is InChI=1S/C29H26N4O3/c1-18-11-19(2)28-22(16-31(3)26(28)12-18)17-32-24-9-7-21(15-30)14-25(24)33(29(32)36)23-6-4-5-20(13-23)8-10-27(34)35/h4-7,9,11-14,16H,8,10,17H2,1-3H3,(H,34,35). The number of benzene rings is 3. The van der Waals surface area contributed by atoms with E-state index in [1.807, 2.05) is 37.4 Å². The van der Waals surface area contributed by atoms with E-state index in [4.69, 9.17) is 5.11 Å². The summed E-state index contributed by atoms with van der Waals surface area (Å²) in [6, 6.07) is 19.1. The number of aliphatic carboxylic acids is 1. The summed E-state index contributed by atoms with van der Waals surface area (Å²) in [5.41, 5.74) is 7.63. The number of carboxylic acids is 1. The van der Waals surface area contributed by atoms with Gasteiger partial charge in [-0.05, 0) is 78.9 Å². The lowest BCUT2D eigenvalue weighted by molar-refractivity contribution is -0.136. The summed E-state index contributed by atoms with van der Waals surface area (Å²) < 4.78 is 5.45. The van der Waals surface area contributed by atoms with Gasteiger partial charge in [-0.3, -0.25) is 13.9 Å². The number of nitrogens with zero attached hydrogens (tertiary/aromatic N) is 4. The minimum Gasteiger partial charge on any atom is -0.481 e. The summed E-state index contributed by atoms with van der Waals surface area (Å²) in [4.78, 5) is 24.9. The first-order valence-corrected chi connectivity index (χ1v) is 11.8. The molecule has 0 amide bonds. The van der Waals surface area contributed by atoms with Gasteiger partial charge >= 0.3 is 11.7 Å². The molecule has 0 aliphatic heterocycles. The molecule has 0 saturated heterocycles. The molecule has 2 heterocycles. The fourth-order valence-corrected chi connectivity index (χ4v) is 5.13. The second kappa shape index (κ2) is 8.90. The maximum absolute atomic E-state index is 13.9. The van der Waals surface area contributed by atoms with Gasteiger partial charge in [-0.1, -0.05) is 18.2 Å². The first kappa shape index (κ1) is 23.2. The van der Waals surface area contributed by atoms with Crippen molar-refractivity contribution in [3.63, 3.8) is 0 Å². The highest BCUT2D eigenvalue weighted by molar-refractivity contribution is 5.88. The van der Waals surface area contributed by atoms with Crippen molar-refractivity contribution in [2.75, 3.05) is 0 Å². The number of hydrogen-bond donors (Lipinski definition) is 1. The zero-order valence-corrected chi connectivity index (χ0v) is 20.4. The van der Waals surface area contributed by atoms with Crippen molar-refractivity contribution in [2.45, 2.75) is 33.2 Å². The van der Waals surface area contributed by atoms with E-state index in [-0.39, 0.29) is 12.1 Å². The second-order valence-corrected chi connectivity index (χ2v) is 9.32. The SMILES string of the molecule is Cc1cc(C)c2c(Cn3c(=O)n(-c4cccc(CCC(=O)O)c4)c4cc(C#N)ccc43)cn(C)c2c1. The molecule has 0 aliphatic carbocycles. The summed E-state index contributed by atoms with van der Waals surface area (Å²) in [7, 11) is 2.01. The Morgan fingerprint density at radius 1 is 1.03 bits per heavy atom. The molecule has 0 unspecified atom stereocenters. The van der Waals surface area contributed by atoms with Gasteiger partial charge < -0.3 is 9.67 Å². The van der Waals surface area contributed by atoms with Crippen LogP contribution in [0.4, 0.5) is 0 Å². The number of aromatic nitrogens is 3. The lowest BCUT2D eigenvalue weighted by Crippen LogP contribution is -2.23. The van der Waals surface area contributed by atoms with Crippen molar-refractivity contribution in [1.82, 2.24) is 13.7 Å². The predicted molar refractivity (Wildman–Crippen MR) is 140 cm³/mol. The topological polar surface area (TPSA) is 93.0 Å². The van der Waals surface area contributed by atoms with Crippen molar-refractivity contribution in [3.05, 3.63) is 99.1 Å². The van der Waals surface area contributed by atoms with Crippen LogP contribution in [0.15, 0.2) is 65.6 Å². The van der Waals surface area contributed by atoms with Crippen LogP contribution < -0.4 is 5.69 Å². The molecular weight excluding hydrogens is 452 g/mol. The maximum atomic E-state index is 13.9. The van der Waals surface area contributed by atoms with Gasteiger partial charge in [0.2, 0.25) is 0 Å². The van der Waals surface area contributed by atoms with Crippen molar-refractivity contribution >= 4 is 27.9 Å². The first-order chi connectivity index (χ1) is 17.3. The van der Waals surface area contributed by atoms with Crippen LogP contribution in [0.3, 0.4) is 0 Å². The molecule has 5 rings (SSSR count). The maximum Gasteiger partial charge on any atom is 0.334 e. The van der Waals surface area contributed by atoms with Crippen LogP contribution in [0.25, 0.3) is 27.6 Å². The van der Waals surface area contributed by atoms with Crippen molar-refractivity contribution in [2.24, 2.45) is 7.05 Å². The Morgan fingerprint density at radius 3 is 2.58 bits per heavy atom. The van der Waals surface area contributed by atoms with Gasteiger partial charge in [0.15, 0.2) is 0 Å². The average molecular weight is 479 g/mol. The molecule has 0 aliphatic rings. The Kier molecular flexibility index (Phi) is 5.73. The monoisotopic (exact) mass is 478 g/mol. The van der Waals surface area contributed by atoms with Gasteiger partial charge in [-0.15, -0.1) is 0 Å². The van der Waals surface area contributed by atoms with Gasteiger partial charge in [-0.25, -0.2) is 4.79 Å². The van der Waals surface area contributed by atoms with Gasteiger partial charge in [0.05, 0.1) is 34.9 Å². The van der Waals surface area contributed by atoms with Crippen LogP contribution in [0.5, 0.6) is 0 Å². The molecule has 0 atom stereocenters. The summed E-state index contributed by atoms with van der Waals surface area (Å²) in [6.07, 6.45) is 2.45. The molecule has 0 fully saturated rings. The van der Waals surface area contributed by atoms with Gasteiger partial charge in [-0.2, -0.15) is 5.26 Å². The lowest BCUT2D eigenvalue weighted by atomic mass is 10.0. The molecule has 5 aromatic rings. The highest BCUT2D eigenvalue weighted by atomic mass is 16.4. The minimum atomic E-state index is -0.867. The normalized spacial score (nSPS) is 11.3. The highest BCUT2D eigenvalue weighted by Crippen LogP contribution is 2.28. The minimum absolute atomic E-state index is 0.0125. The third-order valence-electron chi connectivity index (χ3n) is 6.69. The molecule has 3 aromatic carbocycles. The zero-order valence-electron chi connectivity index (χ0n) is 20.4. The average Bonchev–Trinajstić information content (AvgIpc) is 3.30. The Bertz CT molecular complexity index is 1760. The molecule has 0 spiro atoms. The Morgan fingerprint density at radius 2 is 1.83 bits per heavy atom. The molecule has 2 aromatic heterocycles. The number of fused-ring (bicyclic) bond motifs is 2. The zero-order chi connectivity index (χ0) is 25.6. The molecule has 180 valence electrons. The summed E-state index contributed by atoms with van der Waals surface area (Å²) in [5, 5.41) is 19.7. The van der Waals surface area contributed by atoms with Crippen LogP contribution in [0, 0.1) is 25.2 Å². The van der Waals surface area contributed by atoms with E-state index in [0.29, 0.717) is 29.7 Å². The summed E-state index contributed by atoms with van der Waals surface area (Å²) >= 11 is 0. The number of aryl methyl sites for hydroxylation is 4. The molecule has 36 heavy (non-hydrogen) atoms. The quantitative estimate of drug-likeness (QED) is 0.378. The number of hydrogen-bond acceptors (Lipinski definition) is 3. The number of carbonyl (C=O) groups is 1. The molecule has 7 nitrogen and oxygen atoms in total. The molecule has 0 saturated carbocycles. The smallest absolute Gasteiger partial charge is 0.334 e. The predicted octanol–water partition coefficient (Wildman–Crippen LogP) is 4.84. The van der Waals surface area contributed by atoms with E-state index in [1.165, 1.54) is 5.56 Å². The Labute approximate surface area is 208 Å². The van der Waals surface area contributed by atoms with Gasteiger partial charge in [0, 0.05) is 30.6 Å². The van der Waals surface area contributed by atoms with Crippen molar-refractivity contribution in [3.8, 4) is 11.8 Å². The summed E-state index contributed by atoms with van der Waals surface area (Å²) in [5.74, 6) is -0.867. The van der Waals surface area contributed by atoms with E-state index in [2.05, 4.69) is 42.8 Å². The highest BCUT2D eigenvalue weighted by Gasteiger charge is 2.18. The molecule has 7 heteroatoms. The largest absolute Gasteiger partial charge is 0.481 e. The Balaban J connectivity index is 1.70. The number of rotatable bonds is 6. The van der Waals surface area contributed by atoms with Gasteiger partial charge in [0.25, 0.3) is 0 Å². The Hall–Kier alpha value is -4.57. The van der Waals surface area contributed by atoms with Crippen molar-refractivity contribution < 1.29 is 9.90 Å². The lowest BCUT2D eigenvalue weighted by Gasteiger charge is -2.07. The van der Waals surface area contributed by atoms with Gasteiger partial charge in [0.1, 0.15) is 0 Å². The fourth-order valence-electron chi connectivity index (χ4n) is 5.13. The third-order valence-corrected chi connectivity index (χ3v) is 6.69. The summed E-state index contributed by atoms with van der Waals surface area (Å²) in [6.45, 7) is 4.55. The fraction of sp³-hybridized carbons (Fsp3) is 0.207. The van der Waals surface area contributed by atoms with E-state index >= 15 is 0 Å². The van der Waals surface area contributed by atoms with Crippen LogP contribution >= 0.6 is 0 Å². The third kappa shape index (κ3) is 3.97. The van der Waals surface area contributed by atoms with Crippen LogP contribution in [0.2, 0.25) is 0 Å². The number of imidazole rings is 1. The molecule has 0 radical (unpaired) electrons. The van der Waals surface area contributed by atoms with Crippen LogP contribution in [-0.4, -0.2) is 24.8 Å². The number of carboxylic acid groups (broad SMARTS) is 1. The molecular formula is C29H26N4O3. The van der Waals surface area contributed by atoms with E-state index in [0.717, 1.165) is 33.1 Å². The van der Waals surface area contributed by atoms with E-state index in [9.17, 15) is 14.9 Å². The first-order valence-electron chi connectivity index (χ1n) is 11.8. The van der Waals surface area contributed by atoms with E-state index in [1.54, 1.807) is 21.3 Å². The number of nitriles is 1. The van der Waals surface area contributed by atoms with E-state index < -0.39 is 5.97 Å². The molecule has 0 bridgehead atoms.